The molecule has 0 spiro atoms. The Morgan fingerprint density at radius 3 is 2.29 bits per heavy atom. The molecule has 3 aromatic carbocycles. The van der Waals surface area contributed by atoms with E-state index in [4.69, 9.17) is 0 Å². The minimum absolute atomic E-state index is 0.223. The van der Waals surface area contributed by atoms with Gasteiger partial charge in [-0.15, -0.1) is 0 Å². The van der Waals surface area contributed by atoms with Gasteiger partial charge in [0.05, 0.1) is 9.79 Å². The maximum atomic E-state index is 12.4. The van der Waals surface area contributed by atoms with Crippen molar-refractivity contribution in [3.8, 4) is 11.1 Å². The van der Waals surface area contributed by atoms with Crippen LogP contribution in [-0.4, -0.2) is 16.8 Å². The molecule has 0 aromatic heterocycles. The molecule has 0 radical (unpaired) electrons. The first-order valence-electron chi connectivity index (χ1n) is 7.17. The Kier molecular flexibility index (Phi) is 3.12. The molecule has 0 unspecified atom stereocenters. The topological polar surface area (TPSA) is 82.4 Å². The lowest BCUT2D eigenvalue weighted by atomic mass is 9.95. The van der Waals surface area contributed by atoms with Gasteiger partial charge in [0.15, 0.2) is 0 Å². The average molecular weight is 358 g/mol. The van der Waals surface area contributed by atoms with Crippen LogP contribution in [0.25, 0.3) is 26.0 Å². The average Bonchev–Trinajstić information content (AvgIpc) is 2.71. The Hall–Kier alpha value is -2.22. The molecule has 24 heavy (non-hydrogen) atoms. The highest BCUT2D eigenvalue weighted by atomic mass is 32.3. The minimum atomic E-state index is -4.25. The van der Waals surface area contributed by atoms with Gasteiger partial charge in [-0.05, 0) is 34.9 Å². The zero-order chi connectivity index (χ0) is 17.1. The molecule has 1 aliphatic rings. The molecule has 1 heterocycles. The maximum absolute atomic E-state index is 12.4. The summed E-state index contributed by atoms with van der Waals surface area (Å²) >= 11 is 0. The summed E-state index contributed by atoms with van der Waals surface area (Å²) in [6.07, 6.45) is 0. The normalized spacial score (nSPS) is 17.7. The van der Waals surface area contributed by atoms with Gasteiger partial charge in [0, 0.05) is 5.56 Å². The summed E-state index contributed by atoms with van der Waals surface area (Å²) in [6, 6.07) is 16.0. The van der Waals surface area contributed by atoms with Crippen LogP contribution in [0.4, 0.5) is 0 Å². The van der Waals surface area contributed by atoms with Gasteiger partial charge in [-0.3, -0.25) is 0 Å². The number of nitrogens with zero attached hydrogens (tertiary/aromatic N) is 1. The highest BCUT2D eigenvalue weighted by Gasteiger charge is 2.32. The van der Waals surface area contributed by atoms with E-state index < -0.39 is 20.0 Å². The molecule has 3 aromatic rings. The Morgan fingerprint density at radius 1 is 0.792 bits per heavy atom. The SMILES string of the molecule is Cc1ccc2c(c1-c1cccc3ccccc13)S(=O)(=O)[N-]S2(=O)=O. The van der Waals surface area contributed by atoms with Crippen LogP contribution in [0.15, 0.2) is 64.4 Å². The van der Waals surface area contributed by atoms with Crippen LogP contribution in [0.1, 0.15) is 5.56 Å². The number of hydrogen-bond donors (Lipinski definition) is 0. The van der Waals surface area contributed by atoms with Gasteiger partial charge in [0.25, 0.3) is 0 Å². The van der Waals surface area contributed by atoms with Crippen molar-refractivity contribution in [3.05, 3.63) is 64.3 Å². The van der Waals surface area contributed by atoms with E-state index in [1.165, 1.54) is 6.07 Å². The monoisotopic (exact) mass is 358 g/mol. The van der Waals surface area contributed by atoms with E-state index in [0.717, 1.165) is 10.8 Å². The second kappa shape index (κ2) is 4.89. The van der Waals surface area contributed by atoms with Gasteiger partial charge in [0.2, 0.25) is 0 Å². The van der Waals surface area contributed by atoms with E-state index in [1.807, 2.05) is 36.4 Å². The zero-order valence-corrected chi connectivity index (χ0v) is 14.2. The molecule has 122 valence electrons. The summed E-state index contributed by atoms with van der Waals surface area (Å²) in [5.74, 6) is 0. The molecule has 7 heteroatoms. The van der Waals surface area contributed by atoms with Crippen LogP contribution in [-0.2, 0) is 20.0 Å². The zero-order valence-electron chi connectivity index (χ0n) is 12.6. The molecule has 5 nitrogen and oxygen atoms in total. The van der Waals surface area contributed by atoms with Crippen molar-refractivity contribution >= 4 is 30.8 Å². The largest absolute Gasteiger partial charge is 0.427 e. The van der Waals surface area contributed by atoms with Gasteiger partial charge in [-0.25, -0.2) is 16.8 Å². The molecule has 0 saturated heterocycles. The number of sulfonamides is 2. The molecule has 0 bridgehead atoms. The van der Waals surface area contributed by atoms with Crippen molar-refractivity contribution in [3.63, 3.8) is 0 Å². The van der Waals surface area contributed by atoms with Crippen LogP contribution in [0, 0.1) is 6.92 Å². The molecule has 1 aliphatic heterocycles. The predicted molar refractivity (Wildman–Crippen MR) is 91.9 cm³/mol. The summed E-state index contributed by atoms with van der Waals surface area (Å²) in [5.41, 5.74) is 1.76. The molecular weight excluding hydrogens is 346 g/mol. The van der Waals surface area contributed by atoms with Crippen LogP contribution in [0.3, 0.4) is 0 Å². The first kappa shape index (κ1) is 15.3. The van der Waals surface area contributed by atoms with Gasteiger partial charge in [-0.1, -0.05) is 48.5 Å². The quantitative estimate of drug-likeness (QED) is 0.666. The fourth-order valence-electron chi connectivity index (χ4n) is 3.11. The summed E-state index contributed by atoms with van der Waals surface area (Å²) < 4.78 is 52.0. The number of rotatable bonds is 1. The maximum Gasteiger partial charge on any atom is 0.114 e. The van der Waals surface area contributed by atoms with Crippen molar-refractivity contribution in [1.29, 1.82) is 0 Å². The van der Waals surface area contributed by atoms with Crippen molar-refractivity contribution in [2.75, 3.05) is 0 Å². The van der Waals surface area contributed by atoms with Gasteiger partial charge in [0.1, 0.15) is 20.0 Å². The summed E-state index contributed by atoms with van der Waals surface area (Å²) in [6.45, 7) is 1.76. The van der Waals surface area contributed by atoms with Gasteiger partial charge in [-0.2, -0.15) is 0 Å². The number of benzene rings is 3. The Bertz CT molecular complexity index is 1210. The third-order valence-corrected chi connectivity index (χ3v) is 7.66. The fraction of sp³-hybridized carbons (Fsp3) is 0.0588. The predicted octanol–water partition coefficient (Wildman–Crippen LogP) is 3.58. The number of aryl methyl sites for hydroxylation is 1. The molecule has 0 aliphatic carbocycles. The summed E-state index contributed by atoms with van der Waals surface area (Å²) in [5, 5.41) is 1.80. The Balaban J connectivity index is 2.21. The lowest BCUT2D eigenvalue weighted by Gasteiger charge is -2.15. The Morgan fingerprint density at radius 2 is 1.50 bits per heavy atom. The Labute approximate surface area is 140 Å². The van der Waals surface area contributed by atoms with E-state index in [0.29, 0.717) is 16.7 Å². The molecule has 0 atom stereocenters. The van der Waals surface area contributed by atoms with E-state index >= 15 is 0 Å². The molecular formula is C17H12NO4S2-. The summed E-state index contributed by atoms with van der Waals surface area (Å²) in [4.78, 5) is -0.477. The van der Waals surface area contributed by atoms with Crippen LogP contribution in [0.5, 0.6) is 0 Å². The molecule has 0 fully saturated rings. The third kappa shape index (κ3) is 2.09. The summed E-state index contributed by atoms with van der Waals surface area (Å²) in [7, 11) is -8.42. The van der Waals surface area contributed by atoms with Crippen molar-refractivity contribution in [2.45, 2.75) is 16.7 Å². The highest BCUT2D eigenvalue weighted by molar-refractivity contribution is 8.14. The smallest absolute Gasteiger partial charge is 0.114 e. The third-order valence-electron chi connectivity index (χ3n) is 4.12. The van der Waals surface area contributed by atoms with E-state index in [-0.39, 0.29) is 9.79 Å². The molecule has 0 amide bonds. The lowest BCUT2D eigenvalue weighted by Crippen LogP contribution is -1.98. The van der Waals surface area contributed by atoms with E-state index in [1.54, 1.807) is 19.1 Å². The first-order chi connectivity index (χ1) is 11.3. The lowest BCUT2D eigenvalue weighted by molar-refractivity contribution is 0.603. The van der Waals surface area contributed by atoms with E-state index in [9.17, 15) is 16.8 Å². The fourth-order valence-corrected chi connectivity index (χ4v) is 6.82. The van der Waals surface area contributed by atoms with Crippen LogP contribution in [0.2, 0.25) is 0 Å². The number of hydrogen-bond acceptors (Lipinski definition) is 4. The standard InChI is InChI=1S/C17H12NO4S2/c1-11-9-10-15-17(24(21,22)18-23(15,19)20)16(11)14-8-4-6-12-5-2-3-7-13(12)14/h2-10H,1H3/q-1. The first-order valence-corrected chi connectivity index (χ1v) is 10.1. The molecule has 4 rings (SSSR count). The van der Waals surface area contributed by atoms with Crippen LogP contribution < -0.4 is 0 Å². The van der Waals surface area contributed by atoms with Crippen molar-refractivity contribution < 1.29 is 16.8 Å². The van der Waals surface area contributed by atoms with Crippen molar-refractivity contribution in [2.24, 2.45) is 0 Å². The molecule has 0 saturated carbocycles. The van der Waals surface area contributed by atoms with Gasteiger partial charge >= 0.3 is 0 Å². The van der Waals surface area contributed by atoms with Crippen LogP contribution >= 0.6 is 0 Å². The highest BCUT2D eigenvalue weighted by Crippen LogP contribution is 2.46. The van der Waals surface area contributed by atoms with E-state index in [2.05, 4.69) is 4.13 Å². The van der Waals surface area contributed by atoms with Crippen molar-refractivity contribution in [1.82, 2.24) is 0 Å². The number of fused-ring (bicyclic) bond motifs is 2. The minimum Gasteiger partial charge on any atom is -0.427 e. The second-order valence-corrected chi connectivity index (χ2v) is 8.98. The second-order valence-electron chi connectivity index (χ2n) is 5.64. The van der Waals surface area contributed by atoms with Gasteiger partial charge < -0.3 is 4.13 Å². The molecule has 0 N–H and O–H groups in total.